The molecule has 18 heavy (non-hydrogen) atoms. The van der Waals surface area contributed by atoms with Crippen LogP contribution in [0.1, 0.15) is 15.9 Å². The molecule has 0 saturated heterocycles. The highest BCUT2D eigenvalue weighted by Crippen LogP contribution is 2.16. The molecule has 4 heteroatoms. The zero-order chi connectivity index (χ0) is 13.1. The van der Waals surface area contributed by atoms with Gasteiger partial charge in [-0.2, -0.15) is 0 Å². The molecule has 0 atom stereocenters. The number of amides is 1. The van der Waals surface area contributed by atoms with Gasteiger partial charge >= 0.3 is 0 Å². The average molecular weight is 242 g/mol. The van der Waals surface area contributed by atoms with Gasteiger partial charge in [0, 0.05) is 16.9 Å². The van der Waals surface area contributed by atoms with E-state index in [-0.39, 0.29) is 11.7 Å². The summed E-state index contributed by atoms with van der Waals surface area (Å²) >= 11 is 0. The Labute approximate surface area is 105 Å². The first-order valence-electron chi connectivity index (χ1n) is 5.53. The normalized spacial score (nSPS) is 10.1. The third-order valence-electron chi connectivity index (χ3n) is 2.66. The van der Waals surface area contributed by atoms with Crippen LogP contribution in [0.25, 0.3) is 0 Å². The maximum absolute atomic E-state index is 11.9. The van der Waals surface area contributed by atoms with Crippen LogP contribution in [0.3, 0.4) is 0 Å². The molecule has 0 radical (unpaired) electrons. The van der Waals surface area contributed by atoms with Gasteiger partial charge in [-0.25, -0.2) is 0 Å². The molecule has 0 unspecified atom stereocenters. The Kier molecular flexibility index (Phi) is 3.19. The van der Waals surface area contributed by atoms with Crippen LogP contribution in [-0.2, 0) is 0 Å². The predicted octanol–water partition coefficient (Wildman–Crippen LogP) is 2.54. The SMILES string of the molecule is Cc1cc(C(=O)Nc2ccc(O)cc2)ccc1N. The Morgan fingerprint density at radius 1 is 1.17 bits per heavy atom. The highest BCUT2D eigenvalue weighted by atomic mass is 16.3. The van der Waals surface area contributed by atoms with Crippen LogP contribution in [0.4, 0.5) is 11.4 Å². The number of anilines is 2. The third-order valence-corrected chi connectivity index (χ3v) is 2.66. The van der Waals surface area contributed by atoms with Crippen LogP contribution < -0.4 is 11.1 Å². The minimum Gasteiger partial charge on any atom is -0.508 e. The zero-order valence-electron chi connectivity index (χ0n) is 9.97. The minimum atomic E-state index is -0.205. The minimum absolute atomic E-state index is 0.163. The number of aryl methyl sites for hydroxylation is 1. The largest absolute Gasteiger partial charge is 0.508 e. The lowest BCUT2D eigenvalue weighted by molar-refractivity contribution is 0.102. The van der Waals surface area contributed by atoms with Crippen molar-refractivity contribution in [1.29, 1.82) is 0 Å². The number of carbonyl (C=O) groups is 1. The maximum atomic E-state index is 11.9. The van der Waals surface area contributed by atoms with Crippen molar-refractivity contribution in [2.24, 2.45) is 0 Å². The number of hydrogen-bond acceptors (Lipinski definition) is 3. The average Bonchev–Trinajstić information content (AvgIpc) is 2.35. The van der Waals surface area contributed by atoms with E-state index in [1.807, 2.05) is 6.92 Å². The quantitative estimate of drug-likeness (QED) is 0.559. The van der Waals surface area contributed by atoms with Crippen molar-refractivity contribution < 1.29 is 9.90 Å². The molecule has 0 fully saturated rings. The summed E-state index contributed by atoms with van der Waals surface area (Å²) < 4.78 is 0. The molecular weight excluding hydrogens is 228 g/mol. The number of rotatable bonds is 2. The van der Waals surface area contributed by atoms with Crippen molar-refractivity contribution in [2.75, 3.05) is 11.1 Å². The molecule has 2 rings (SSSR count). The lowest BCUT2D eigenvalue weighted by Gasteiger charge is -2.07. The summed E-state index contributed by atoms with van der Waals surface area (Å²) in [4.78, 5) is 11.9. The third kappa shape index (κ3) is 2.60. The fourth-order valence-corrected chi connectivity index (χ4v) is 1.56. The van der Waals surface area contributed by atoms with Crippen LogP contribution in [-0.4, -0.2) is 11.0 Å². The van der Waals surface area contributed by atoms with E-state index >= 15 is 0 Å². The van der Waals surface area contributed by atoms with Gasteiger partial charge in [0.15, 0.2) is 0 Å². The van der Waals surface area contributed by atoms with Crippen LogP contribution in [0, 0.1) is 6.92 Å². The number of phenols is 1. The summed E-state index contributed by atoms with van der Waals surface area (Å²) in [6, 6.07) is 11.4. The van der Waals surface area contributed by atoms with Gasteiger partial charge in [-0.05, 0) is 55.0 Å². The van der Waals surface area contributed by atoms with Crippen LogP contribution in [0.15, 0.2) is 42.5 Å². The fourth-order valence-electron chi connectivity index (χ4n) is 1.56. The first kappa shape index (κ1) is 12.0. The molecule has 0 aromatic heterocycles. The molecule has 4 N–H and O–H groups in total. The van der Waals surface area contributed by atoms with E-state index in [1.54, 1.807) is 30.3 Å². The molecule has 0 aliphatic rings. The Balaban J connectivity index is 2.16. The second kappa shape index (κ2) is 4.79. The topological polar surface area (TPSA) is 75.3 Å². The predicted molar refractivity (Wildman–Crippen MR) is 71.7 cm³/mol. The van der Waals surface area contributed by atoms with E-state index < -0.39 is 0 Å². The highest BCUT2D eigenvalue weighted by molar-refractivity contribution is 6.04. The number of benzene rings is 2. The van der Waals surface area contributed by atoms with Gasteiger partial charge in [-0.1, -0.05) is 0 Å². The molecule has 0 saturated carbocycles. The highest BCUT2D eigenvalue weighted by Gasteiger charge is 2.07. The van der Waals surface area contributed by atoms with Crippen molar-refractivity contribution in [2.45, 2.75) is 6.92 Å². The van der Waals surface area contributed by atoms with E-state index in [2.05, 4.69) is 5.32 Å². The lowest BCUT2D eigenvalue weighted by atomic mass is 10.1. The van der Waals surface area contributed by atoms with Gasteiger partial charge in [0.1, 0.15) is 5.75 Å². The summed E-state index contributed by atoms with van der Waals surface area (Å²) in [5, 5.41) is 11.9. The number of nitrogens with one attached hydrogen (secondary N) is 1. The maximum Gasteiger partial charge on any atom is 0.255 e. The van der Waals surface area contributed by atoms with Gasteiger partial charge in [0.25, 0.3) is 5.91 Å². The molecule has 0 aliphatic heterocycles. The number of phenolic OH excluding ortho intramolecular Hbond substituents is 1. The monoisotopic (exact) mass is 242 g/mol. The van der Waals surface area contributed by atoms with Crippen LogP contribution in [0.5, 0.6) is 5.75 Å². The Morgan fingerprint density at radius 3 is 2.44 bits per heavy atom. The van der Waals surface area contributed by atoms with Crippen molar-refractivity contribution in [3.05, 3.63) is 53.6 Å². The van der Waals surface area contributed by atoms with E-state index in [9.17, 15) is 4.79 Å². The van der Waals surface area contributed by atoms with Crippen molar-refractivity contribution >= 4 is 17.3 Å². The Hall–Kier alpha value is -2.49. The second-order valence-corrected chi connectivity index (χ2v) is 4.07. The molecule has 92 valence electrons. The van der Waals surface area contributed by atoms with E-state index in [0.29, 0.717) is 16.9 Å². The summed E-state index contributed by atoms with van der Waals surface area (Å²) in [5.74, 6) is -0.0416. The van der Waals surface area contributed by atoms with Crippen molar-refractivity contribution in [3.63, 3.8) is 0 Å². The number of nitrogen functional groups attached to an aromatic ring is 1. The van der Waals surface area contributed by atoms with Crippen molar-refractivity contribution in [1.82, 2.24) is 0 Å². The molecule has 0 spiro atoms. The molecule has 0 aliphatic carbocycles. The molecule has 4 nitrogen and oxygen atoms in total. The summed E-state index contributed by atoms with van der Waals surface area (Å²) in [6.45, 7) is 1.85. The van der Waals surface area contributed by atoms with Gasteiger partial charge in [-0.3, -0.25) is 4.79 Å². The molecule has 1 amide bonds. The van der Waals surface area contributed by atoms with Crippen LogP contribution >= 0.6 is 0 Å². The van der Waals surface area contributed by atoms with Gasteiger partial charge in [0.05, 0.1) is 0 Å². The standard InChI is InChI=1S/C14H14N2O2/c1-9-8-10(2-7-13(9)15)14(18)16-11-3-5-12(17)6-4-11/h2-8,17H,15H2,1H3,(H,16,18). The summed E-state index contributed by atoms with van der Waals surface area (Å²) in [5.41, 5.74) is 8.41. The van der Waals surface area contributed by atoms with Gasteiger partial charge in [0.2, 0.25) is 0 Å². The smallest absolute Gasteiger partial charge is 0.255 e. The Bertz CT molecular complexity index is 577. The van der Waals surface area contributed by atoms with E-state index in [0.717, 1.165) is 5.56 Å². The van der Waals surface area contributed by atoms with Gasteiger partial charge in [-0.15, -0.1) is 0 Å². The molecule has 2 aromatic rings. The molecular formula is C14H14N2O2. The van der Waals surface area contributed by atoms with E-state index in [4.69, 9.17) is 10.8 Å². The number of hydrogen-bond donors (Lipinski definition) is 3. The Morgan fingerprint density at radius 2 is 1.83 bits per heavy atom. The fraction of sp³-hybridized carbons (Fsp3) is 0.0714. The second-order valence-electron chi connectivity index (χ2n) is 4.07. The number of carbonyl (C=O) groups excluding carboxylic acids is 1. The van der Waals surface area contributed by atoms with Crippen molar-refractivity contribution in [3.8, 4) is 5.75 Å². The lowest BCUT2D eigenvalue weighted by Crippen LogP contribution is -2.12. The zero-order valence-corrected chi connectivity index (χ0v) is 9.97. The first-order chi connectivity index (χ1) is 8.56. The van der Waals surface area contributed by atoms with Crippen LogP contribution in [0.2, 0.25) is 0 Å². The number of aromatic hydroxyl groups is 1. The molecule has 0 heterocycles. The van der Waals surface area contributed by atoms with E-state index in [1.165, 1.54) is 12.1 Å². The summed E-state index contributed by atoms with van der Waals surface area (Å²) in [6.07, 6.45) is 0. The number of nitrogens with two attached hydrogens (primary N) is 1. The van der Waals surface area contributed by atoms with Gasteiger partial charge < -0.3 is 16.2 Å². The first-order valence-corrected chi connectivity index (χ1v) is 5.53. The summed E-state index contributed by atoms with van der Waals surface area (Å²) in [7, 11) is 0. The molecule has 2 aromatic carbocycles. The molecule has 0 bridgehead atoms.